The van der Waals surface area contributed by atoms with Crippen molar-refractivity contribution >= 4 is 54.5 Å². The summed E-state index contributed by atoms with van der Waals surface area (Å²) < 4.78 is 6.12. The van der Waals surface area contributed by atoms with Crippen molar-refractivity contribution in [2.45, 2.75) is 0 Å². The van der Waals surface area contributed by atoms with Gasteiger partial charge in [0.2, 0.25) is 0 Å². The summed E-state index contributed by atoms with van der Waals surface area (Å²) in [5.74, 6) is 0. The molecule has 5 aromatic carbocycles. The molecule has 0 radical (unpaired) electrons. The molecule has 200 valence electrons. The Bertz CT molecular complexity index is 2530. The maximum absolute atomic E-state index is 6.12. The van der Waals surface area contributed by atoms with E-state index in [0.29, 0.717) is 0 Å². The summed E-state index contributed by atoms with van der Waals surface area (Å²) in [6.07, 6.45) is 7.55. The number of hydrogen-bond donors (Lipinski definition) is 0. The second-order valence-corrected chi connectivity index (χ2v) is 11.0. The van der Waals surface area contributed by atoms with Crippen LogP contribution in [0.25, 0.3) is 87.9 Å². The fourth-order valence-electron chi connectivity index (χ4n) is 6.19. The van der Waals surface area contributed by atoms with Crippen molar-refractivity contribution in [2.75, 3.05) is 0 Å². The molecule has 4 heteroatoms. The van der Waals surface area contributed by atoms with E-state index in [2.05, 4.69) is 101 Å². The Labute approximate surface area is 246 Å². The van der Waals surface area contributed by atoms with Gasteiger partial charge in [-0.3, -0.25) is 15.0 Å². The first-order chi connectivity index (χ1) is 21.3. The first-order valence-corrected chi connectivity index (χ1v) is 14.3. The standard InChI is InChI=1S/C39H23N3O/c1-2-6-36-34(5-1)35-21-27(11-12-37(35)43-36)30-18-29(26-9-7-24-13-15-40-22-32(24)16-26)19-31(20-30)33-17-28-10-8-25-4-3-14-41-38(25)39(28)42-23-33/h1-23H. The van der Waals surface area contributed by atoms with Crippen LogP contribution in [-0.4, -0.2) is 15.0 Å². The first kappa shape index (κ1) is 23.8. The van der Waals surface area contributed by atoms with E-state index in [0.717, 1.165) is 82.5 Å². The van der Waals surface area contributed by atoms with Crippen LogP contribution in [0.4, 0.5) is 0 Å². The largest absolute Gasteiger partial charge is 0.456 e. The Hall–Kier alpha value is -5.87. The summed E-state index contributed by atoms with van der Waals surface area (Å²) in [5, 5.41) is 6.68. The number of pyridine rings is 3. The monoisotopic (exact) mass is 549 g/mol. The van der Waals surface area contributed by atoms with Crippen LogP contribution in [0.3, 0.4) is 0 Å². The van der Waals surface area contributed by atoms with Crippen molar-refractivity contribution in [3.63, 3.8) is 0 Å². The fraction of sp³-hybridized carbons (Fsp3) is 0. The fourth-order valence-corrected chi connectivity index (χ4v) is 6.19. The van der Waals surface area contributed by atoms with Crippen molar-refractivity contribution in [3.8, 4) is 33.4 Å². The number of rotatable bonds is 3. The number of fused-ring (bicyclic) bond motifs is 7. The molecule has 43 heavy (non-hydrogen) atoms. The third-order valence-corrected chi connectivity index (χ3v) is 8.37. The van der Waals surface area contributed by atoms with Crippen LogP contribution in [0.2, 0.25) is 0 Å². The molecule has 0 N–H and O–H groups in total. The molecule has 0 saturated carbocycles. The molecule has 9 aromatic rings. The highest BCUT2D eigenvalue weighted by Gasteiger charge is 2.13. The van der Waals surface area contributed by atoms with Crippen molar-refractivity contribution in [1.29, 1.82) is 0 Å². The molecule has 0 amide bonds. The number of para-hydroxylation sites is 1. The van der Waals surface area contributed by atoms with Crippen LogP contribution in [-0.2, 0) is 0 Å². The number of aromatic nitrogens is 3. The molecule has 0 aliphatic heterocycles. The van der Waals surface area contributed by atoms with Gasteiger partial charge in [-0.15, -0.1) is 0 Å². The highest BCUT2D eigenvalue weighted by atomic mass is 16.3. The molecule has 0 atom stereocenters. The smallest absolute Gasteiger partial charge is 0.135 e. The van der Waals surface area contributed by atoms with Gasteiger partial charge in [0.05, 0.1) is 11.0 Å². The number of furan rings is 1. The summed E-state index contributed by atoms with van der Waals surface area (Å²) in [6, 6.07) is 40.6. The van der Waals surface area contributed by atoms with Gasteiger partial charge in [0.15, 0.2) is 0 Å². The van der Waals surface area contributed by atoms with Gasteiger partial charge in [0, 0.05) is 57.3 Å². The topological polar surface area (TPSA) is 51.8 Å². The quantitative estimate of drug-likeness (QED) is 0.206. The van der Waals surface area contributed by atoms with Gasteiger partial charge < -0.3 is 4.42 Å². The minimum absolute atomic E-state index is 0.892. The van der Waals surface area contributed by atoms with Gasteiger partial charge in [0.25, 0.3) is 0 Å². The van der Waals surface area contributed by atoms with Gasteiger partial charge in [-0.1, -0.05) is 54.6 Å². The van der Waals surface area contributed by atoms with E-state index in [1.165, 1.54) is 5.39 Å². The second-order valence-electron chi connectivity index (χ2n) is 11.0. The highest BCUT2D eigenvalue weighted by molar-refractivity contribution is 6.07. The van der Waals surface area contributed by atoms with Crippen LogP contribution in [0.15, 0.2) is 144 Å². The Morgan fingerprint density at radius 1 is 0.395 bits per heavy atom. The molecule has 0 aliphatic rings. The number of benzene rings is 5. The van der Waals surface area contributed by atoms with Gasteiger partial charge in [0.1, 0.15) is 11.2 Å². The lowest BCUT2D eigenvalue weighted by molar-refractivity contribution is 0.669. The Morgan fingerprint density at radius 2 is 1.12 bits per heavy atom. The van der Waals surface area contributed by atoms with Crippen LogP contribution in [0.5, 0.6) is 0 Å². The zero-order valence-electron chi connectivity index (χ0n) is 23.0. The Kier molecular flexibility index (Phi) is 5.16. The third-order valence-electron chi connectivity index (χ3n) is 8.37. The Balaban J connectivity index is 1.26. The van der Waals surface area contributed by atoms with Crippen LogP contribution in [0, 0.1) is 0 Å². The average molecular weight is 550 g/mol. The molecule has 9 rings (SSSR count). The van der Waals surface area contributed by atoms with E-state index < -0.39 is 0 Å². The van der Waals surface area contributed by atoms with Crippen molar-refractivity contribution < 1.29 is 4.42 Å². The van der Waals surface area contributed by atoms with E-state index >= 15 is 0 Å². The van der Waals surface area contributed by atoms with Crippen LogP contribution >= 0.6 is 0 Å². The predicted octanol–water partition coefficient (Wildman–Crippen LogP) is 10.2. The van der Waals surface area contributed by atoms with Crippen molar-refractivity contribution in [1.82, 2.24) is 15.0 Å². The SMILES string of the molecule is c1cnc2c(c1)ccc1cc(-c3cc(-c4ccc5ccncc5c4)cc(-c4ccc5oc6ccccc6c5c4)c3)cnc12. The molecule has 0 bridgehead atoms. The van der Waals surface area contributed by atoms with Gasteiger partial charge in [-0.05, 0) is 93.9 Å². The van der Waals surface area contributed by atoms with E-state index in [-0.39, 0.29) is 0 Å². The molecule has 0 unspecified atom stereocenters. The zero-order chi connectivity index (χ0) is 28.3. The van der Waals surface area contributed by atoms with E-state index in [4.69, 9.17) is 9.40 Å². The average Bonchev–Trinajstić information content (AvgIpc) is 3.45. The molecule has 4 heterocycles. The summed E-state index contributed by atoms with van der Waals surface area (Å²) in [5.41, 5.74) is 10.3. The lowest BCUT2D eigenvalue weighted by atomic mass is 9.92. The highest BCUT2D eigenvalue weighted by Crippen LogP contribution is 2.37. The molecule has 0 saturated heterocycles. The minimum Gasteiger partial charge on any atom is -0.456 e. The number of nitrogens with zero attached hydrogens (tertiary/aromatic N) is 3. The van der Waals surface area contributed by atoms with Crippen LogP contribution in [0.1, 0.15) is 0 Å². The van der Waals surface area contributed by atoms with E-state index in [1.807, 2.05) is 49.1 Å². The zero-order valence-corrected chi connectivity index (χ0v) is 23.0. The molecule has 0 fully saturated rings. The van der Waals surface area contributed by atoms with E-state index in [9.17, 15) is 0 Å². The van der Waals surface area contributed by atoms with Crippen molar-refractivity contribution in [2.24, 2.45) is 0 Å². The lowest BCUT2D eigenvalue weighted by Crippen LogP contribution is -1.89. The summed E-state index contributed by atoms with van der Waals surface area (Å²) >= 11 is 0. The van der Waals surface area contributed by atoms with Gasteiger partial charge >= 0.3 is 0 Å². The summed E-state index contributed by atoms with van der Waals surface area (Å²) in [7, 11) is 0. The van der Waals surface area contributed by atoms with Crippen molar-refractivity contribution in [3.05, 3.63) is 140 Å². The maximum Gasteiger partial charge on any atom is 0.135 e. The Morgan fingerprint density at radius 3 is 2.05 bits per heavy atom. The summed E-state index contributed by atoms with van der Waals surface area (Å²) in [4.78, 5) is 13.9. The molecular formula is C39H23N3O. The normalized spacial score (nSPS) is 11.7. The molecule has 0 aliphatic carbocycles. The molecule has 0 spiro atoms. The first-order valence-electron chi connectivity index (χ1n) is 14.3. The predicted molar refractivity (Wildman–Crippen MR) is 176 cm³/mol. The molecular weight excluding hydrogens is 526 g/mol. The summed E-state index contributed by atoms with van der Waals surface area (Å²) in [6.45, 7) is 0. The second kappa shape index (κ2) is 9.33. The maximum atomic E-state index is 6.12. The van der Waals surface area contributed by atoms with Crippen LogP contribution < -0.4 is 0 Å². The minimum atomic E-state index is 0.892. The van der Waals surface area contributed by atoms with Gasteiger partial charge in [-0.25, -0.2) is 0 Å². The molecule has 4 nitrogen and oxygen atoms in total. The third kappa shape index (κ3) is 3.96. The number of hydrogen-bond acceptors (Lipinski definition) is 4. The lowest BCUT2D eigenvalue weighted by Gasteiger charge is -2.13. The van der Waals surface area contributed by atoms with Gasteiger partial charge in [-0.2, -0.15) is 0 Å². The van der Waals surface area contributed by atoms with E-state index in [1.54, 1.807) is 0 Å². The molecule has 4 aromatic heterocycles.